The Bertz CT molecular complexity index is 809. The lowest BCUT2D eigenvalue weighted by Gasteiger charge is -2.10. The number of furan rings is 1. The quantitative estimate of drug-likeness (QED) is 0.802. The first kappa shape index (κ1) is 12.8. The van der Waals surface area contributed by atoms with Crippen LogP contribution in [0.3, 0.4) is 0 Å². The highest BCUT2D eigenvalue weighted by Gasteiger charge is 2.12. The van der Waals surface area contributed by atoms with Crippen LogP contribution < -0.4 is 10.5 Å². The van der Waals surface area contributed by atoms with Gasteiger partial charge >= 0.3 is 0 Å². The van der Waals surface area contributed by atoms with Gasteiger partial charge in [0.1, 0.15) is 16.9 Å². The molecular weight excluding hydrogens is 278 g/mol. The van der Waals surface area contributed by atoms with Crippen LogP contribution in [0.4, 0.5) is 0 Å². The van der Waals surface area contributed by atoms with E-state index in [9.17, 15) is 4.79 Å². The molecule has 1 aromatic heterocycles. The SMILES string of the molecule is CC(Oc1ccc2oc3cc(Cl)ccc3c2c1)C(N)=O. The smallest absolute Gasteiger partial charge is 0.258 e. The number of carbonyl (C=O) groups excluding carboxylic acids is 1. The van der Waals surface area contributed by atoms with Gasteiger partial charge in [0.15, 0.2) is 6.10 Å². The molecule has 2 N–H and O–H groups in total. The van der Waals surface area contributed by atoms with Crippen molar-refractivity contribution >= 4 is 39.4 Å². The fourth-order valence-corrected chi connectivity index (χ4v) is 2.23. The molecule has 2 aromatic carbocycles. The molecule has 5 heteroatoms. The minimum Gasteiger partial charge on any atom is -0.481 e. The number of rotatable bonds is 3. The number of amides is 1. The van der Waals surface area contributed by atoms with E-state index in [2.05, 4.69) is 0 Å². The van der Waals surface area contributed by atoms with Crippen molar-refractivity contribution in [3.05, 3.63) is 41.4 Å². The molecule has 1 heterocycles. The number of nitrogens with two attached hydrogens (primary N) is 1. The lowest BCUT2D eigenvalue weighted by molar-refractivity contribution is -0.123. The summed E-state index contributed by atoms with van der Waals surface area (Å²) in [6.07, 6.45) is -0.681. The maximum atomic E-state index is 11.0. The third-order valence-corrected chi connectivity index (χ3v) is 3.35. The molecule has 0 aliphatic carbocycles. The first-order chi connectivity index (χ1) is 9.54. The number of hydrogen-bond donors (Lipinski definition) is 1. The van der Waals surface area contributed by atoms with Gasteiger partial charge < -0.3 is 14.9 Å². The van der Waals surface area contributed by atoms with E-state index in [1.165, 1.54) is 0 Å². The van der Waals surface area contributed by atoms with Crippen LogP contribution in [-0.4, -0.2) is 12.0 Å². The monoisotopic (exact) mass is 289 g/mol. The highest BCUT2D eigenvalue weighted by Crippen LogP contribution is 2.33. The molecule has 0 saturated heterocycles. The van der Waals surface area contributed by atoms with E-state index in [0.717, 1.165) is 16.4 Å². The van der Waals surface area contributed by atoms with Crippen molar-refractivity contribution in [2.45, 2.75) is 13.0 Å². The molecule has 0 fully saturated rings. The van der Waals surface area contributed by atoms with Crippen molar-refractivity contribution in [1.29, 1.82) is 0 Å². The summed E-state index contributed by atoms with van der Waals surface area (Å²) in [5, 5.41) is 2.47. The van der Waals surface area contributed by atoms with E-state index in [4.69, 9.17) is 26.5 Å². The molecule has 3 aromatic rings. The van der Waals surface area contributed by atoms with Gasteiger partial charge in [-0.1, -0.05) is 11.6 Å². The Labute approximate surface area is 120 Å². The van der Waals surface area contributed by atoms with Gasteiger partial charge in [-0.3, -0.25) is 4.79 Å². The molecule has 0 saturated carbocycles. The molecule has 20 heavy (non-hydrogen) atoms. The molecule has 0 aliphatic rings. The predicted molar refractivity (Wildman–Crippen MR) is 78.0 cm³/mol. The fraction of sp³-hybridized carbons (Fsp3) is 0.133. The van der Waals surface area contributed by atoms with Crippen molar-refractivity contribution in [3.63, 3.8) is 0 Å². The minimum atomic E-state index is -0.681. The summed E-state index contributed by atoms with van der Waals surface area (Å²) in [6, 6.07) is 10.8. The van der Waals surface area contributed by atoms with Crippen LogP contribution in [0.25, 0.3) is 21.9 Å². The Balaban J connectivity index is 2.10. The maximum Gasteiger partial charge on any atom is 0.258 e. The van der Waals surface area contributed by atoms with Crippen molar-refractivity contribution in [2.24, 2.45) is 5.73 Å². The summed E-state index contributed by atoms with van der Waals surface area (Å²) in [5.41, 5.74) is 6.64. The van der Waals surface area contributed by atoms with Gasteiger partial charge in [0.05, 0.1) is 0 Å². The average molecular weight is 290 g/mol. The molecule has 0 radical (unpaired) electrons. The normalized spacial score (nSPS) is 12.7. The zero-order valence-corrected chi connectivity index (χ0v) is 11.5. The molecule has 0 bridgehead atoms. The molecular formula is C15H12ClNO3. The lowest BCUT2D eigenvalue weighted by atomic mass is 10.1. The Kier molecular flexibility index (Phi) is 3.03. The molecule has 3 rings (SSSR count). The summed E-state index contributed by atoms with van der Waals surface area (Å²) >= 11 is 5.95. The van der Waals surface area contributed by atoms with Crippen LogP contribution in [-0.2, 0) is 4.79 Å². The topological polar surface area (TPSA) is 65.5 Å². The van der Waals surface area contributed by atoms with Crippen LogP contribution in [0, 0.1) is 0 Å². The number of benzene rings is 2. The Morgan fingerprint density at radius 1 is 1.20 bits per heavy atom. The highest BCUT2D eigenvalue weighted by molar-refractivity contribution is 6.31. The second-order valence-corrected chi connectivity index (χ2v) is 5.00. The van der Waals surface area contributed by atoms with Crippen LogP contribution in [0.15, 0.2) is 40.8 Å². The Morgan fingerprint density at radius 2 is 2.00 bits per heavy atom. The van der Waals surface area contributed by atoms with E-state index >= 15 is 0 Å². The zero-order chi connectivity index (χ0) is 14.3. The van der Waals surface area contributed by atoms with E-state index in [0.29, 0.717) is 16.4 Å². The number of fused-ring (bicyclic) bond motifs is 3. The van der Waals surface area contributed by atoms with Crippen molar-refractivity contribution in [3.8, 4) is 5.75 Å². The summed E-state index contributed by atoms with van der Waals surface area (Å²) in [7, 11) is 0. The molecule has 1 unspecified atom stereocenters. The van der Waals surface area contributed by atoms with Crippen LogP contribution in [0.2, 0.25) is 5.02 Å². The van der Waals surface area contributed by atoms with Gasteiger partial charge in [-0.05, 0) is 37.3 Å². The van der Waals surface area contributed by atoms with Crippen molar-refractivity contribution in [2.75, 3.05) is 0 Å². The average Bonchev–Trinajstić information content (AvgIpc) is 2.75. The lowest BCUT2D eigenvalue weighted by Crippen LogP contribution is -2.30. The largest absolute Gasteiger partial charge is 0.481 e. The summed E-state index contributed by atoms with van der Waals surface area (Å²) in [5.74, 6) is 0.0652. The van der Waals surface area contributed by atoms with Gasteiger partial charge in [-0.2, -0.15) is 0 Å². The van der Waals surface area contributed by atoms with E-state index < -0.39 is 12.0 Å². The summed E-state index contributed by atoms with van der Waals surface area (Å²) < 4.78 is 11.2. The van der Waals surface area contributed by atoms with Gasteiger partial charge in [-0.15, -0.1) is 0 Å². The standard InChI is InChI=1S/C15H12ClNO3/c1-8(15(17)18)19-10-3-5-13-12(7-10)11-4-2-9(16)6-14(11)20-13/h2-8H,1H3,(H2,17,18). The van der Waals surface area contributed by atoms with Crippen molar-refractivity contribution in [1.82, 2.24) is 0 Å². The minimum absolute atomic E-state index is 0.506. The van der Waals surface area contributed by atoms with E-state index in [-0.39, 0.29) is 0 Å². The molecule has 0 aliphatic heterocycles. The summed E-state index contributed by atoms with van der Waals surface area (Å²) in [6.45, 7) is 1.61. The maximum absolute atomic E-state index is 11.0. The number of ether oxygens (including phenoxy) is 1. The van der Waals surface area contributed by atoms with Crippen LogP contribution in [0.5, 0.6) is 5.75 Å². The van der Waals surface area contributed by atoms with Crippen molar-refractivity contribution < 1.29 is 13.9 Å². The third-order valence-electron chi connectivity index (χ3n) is 3.12. The second kappa shape index (κ2) is 4.72. The molecule has 1 atom stereocenters. The fourth-order valence-electron chi connectivity index (χ4n) is 2.07. The second-order valence-electron chi connectivity index (χ2n) is 4.56. The Hall–Kier alpha value is -2.20. The van der Waals surface area contributed by atoms with Gasteiger partial charge in [0.25, 0.3) is 5.91 Å². The third kappa shape index (κ3) is 2.18. The van der Waals surface area contributed by atoms with Gasteiger partial charge in [0, 0.05) is 21.9 Å². The number of primary amides is 1. The molecule has 4 nitrogen and oxygen atoms in total. The molecule has 0 spiro atoms. The first-order valence-corrected chi connectivity index (χ1v) is 6.50. The van der Waals surface area contributed by atoms with Gasteiger partial charge in [-0.25, -0.2) is 0 Å². The van der Waals surface area contributed by atoms with E-state index in [1.807, 2.05) is 12.1 Å². The van der Waals surface area contributed by atoms with Crippen LogP contribution >= 0.6 is 11.6 Å². The Morgan fingerprint density at radius 3 is 2.75 bits per heavy atom. The zero-order valence-electron chi connectivity index (χ0n) is 10.7. The first-order valence-electron chi connectivity index (χ1n) is 6.12. The predicted octanol–water partition coefficient (Wildman–Crippen LogP) is 3.49. The van der Waals surface area contributed by atoms with Gasteiger partial charge in [0.2, 0.25) is 0 Å². The molecule has 102 valence electrons. The summed E-state index contributed by atoms with van der Waals surface area (Å²) in [4.78, 5) is 11.0. The number of halogens is 1. The van der Waals surface area contributed by atoms with Crippen LogP contribution in [0.1, 0.15) is 6.92 Å². The number of carbonyl (C=O) groups is 1. The highest BCUT2D eigenvalue weighted by atomic mass is 35.5. The van der Waals surface area contributed by atoms with E-state index in [1.54, 1.807) is 31.2 Å². The number of hydrogen-bond acceptors (Lipinski definition) is 3. The molecule has 1 amide bonds.